The Bertz CT molecular complexity index is 1130. The molecular formula is C23H30N4O5S+2. The van der Waals surface area contributed by atoms with Crippen LogP contribution in [-0.2, 0) is 19.6 Å². The predicted octanol–water partition coefficient (Wildman–Crippen LogP) is -0.763. The molecule has 33 heavy (non-hydrogen) atoms. The van der Waals surface area contributed by atoms with Gasteiger partial charge in [0.2, 0.25) is 15.8 Å². The van der Waals surface area contributed by atoms with Crippen LogP contribution < -0.4 is 9.88 Å². The van der Waals surface area contributed by atoms with Crippen LogP contribution in [-0.4, -0.2) is 76.4 Å². The van der Waals surface area contributed by atoms with Gasteiger partial charge in [-0.3, -0.25) is 14.4 Å². The van der Waals surface area contributed by atoms with Gasteiger partial charge in [0.1, 0.15) is 5.92 Å². The highest BCUT2D eigenvalue weighted by Gasteiger charge is 2.52. The highest BCUT2D eigenvalue weighted by Crippen LogP contribution is 2.37. The number of aromatic nitrogens is 1. The number of H-pyrrole nitrogens is 1. The molecule has 0 radical (unpaired) electrons. The van der Waals surface area contributed by atoms with Crippen molar-refractivity contribution in [3.05, 3.63) is 59.9 Å². The molecule has 2 N–H and O–H groups in total. The summed E-state index contributed by atoms with van der Waals surface area (Å²) < 4.78 is 25.7. The van der Waals surface area contributed by atoms with Gasteiger partial charge in [-0.1, -0.05) is 12.1 Å². The number of quaternary nitrogens is 1. The van der Waals surface area contributed by atoms with Crippen molar-refractivity contribution in [2.24, 2.45) is 5.92 Å². The highest BCUT2D eigenvalue weighted by molar-refractivity contribution is 7.89. The van der Waals surface area contributed by atoms with Crippen LogP contribution in [0.25, 0.3) is 0 Å². The number of pyridine rings is 1. The number of aromatic amines is 1. The summed E-state index contributed by atoms with van der Waals surface area (Å²) >= 11 is 0. The smallest absolute Gasteiger partial charge is 0.291 e. The molecule has 2 heterocycles. The summed E-state index contributed by atoms with van der Waals surface area (Å²) in [6.07, 6.45) is 4.09. The van der Waals surface area contributed by atoms with Gasteiger partial charge in [-0.05, 0) is 18.2 Å². The highest BCUT2D eigenvalue weighted by atomic mass is 32.2. The van der Waals surface area contributed by atoms with Crippen LogP contribution in [0, 0.1) is 5.92 Å². The minimum absolute atomic E-state index is 0.0416. The van der Waals surface area contributed by atoms with E-state index in [9.17, 15) is 22.8 Å². The lowest BCUT2D eigenvalue weighted by Gasteiger charge is -2.26. The van der Waals surface area contributed by atoms with E-state index in [1.807, 2.05) is 14.1 Å². The van der Waals surface area contributed by atoms with Gasteiger partial charge in [-0.15, -0.1) is 0 Å². The number of ketones is 2. The Morgan fingerprint density at radius 1 is 1.12 bits per heavy atom. The summed E-state index contributed by atoms with van der Waals surface area (Å²) in [7, 11) is 3.21. The molecule has 2 atom stereocenters. The van der Waals surface area contributed by atoms with Gasteiger partial charge in [0.05, 0.1) is 31.6 Å². The van der Waals surface area contributed by atoms with Crippen LogP contribution in [0.1, 0.15) is 28.4 Å². The largest absolute Gasteiger partial charge is 0.340 e. The van der Waals surface area contributed by atoms with E-state index < -0.39 is 39.5 Å². The van der Waals surface area contributed by atoms with E-state index in [1.54, 1.807) is 24.5 Å². The first-order valence-electron chi connectivity index (χ1n) is 10.7. The first-order valence-corrected chi connectivity index (χ1v) is 12.2. The van der Waals surface area contributed by atoms with E-state index in [1.165, 1.54) is 48.2 Å². The molecule has 1 aromatic heterocycles. The summed E-state index contributed by atoms with van der Waals surface area (Å²) in [5.41, 5.74) is 0.849. The van der Waals surface area contributed by atoms with Crippen LogP contribution in [0.5, 0.6) is 0 Å². The second-order valence-electron chi connectivity index (χ2n) is 8.61. The Kier molecular flexibility index (Phi) is 7.41. The Morgan fingerprint density at radius 2 is 1.79 bits per heavy atom. The molecule has 0 aliphatic carbocycles. The Morgan fingerprint density at radius 3 is 2.33 bits per heavy atom. The second kappa shape index (κ2) is 9.90. The van der Waals surface area contributed by atoms with Crippen molar-refractivity contribution in [1.29, 1.82) is 0 Å². The van der Waals surface area contributed by atoms with Gasteiger partial charge in [-0.2, -0.15) is 0 Å². The molecule has 1 saturated heterocycles. The Hall–Kier alpha value is -2.95. The van der Waals surface area contributed by atoms with Crippen LogP contribution in [0.2, 0.25) is 0 Å². The van der Waals surface area contributed by atoms with Gasteiger partial charge < -0.3 is 9.80 Å². The van der Waals surface area contributed by atoms with Crippen molar-refractivity contribution in [2.45, 2.75) is 17.4 Å². The number of nitrogens with one attached hydrogen (secondary N) is 2. The number of benzene rings is 1. The summed E-state index contributed by atoms with van der Waals surface area (Å²) in [5, 5.41) is 0. The van der Waals surface area contributed by atoms with Crippen molar-refractivity contribution in [1.82, 2.24) is 9.21 Å². The third-order valence-electron chi connectivity index (χ3n) is 5.75. The number of hydrogen-bond donors (Lipinski definition) is 1. The molecule has 0 spiro atoms. The summed E-state index contributed by atoms with van der Waals surface area (Å²) in [4.78, 5) is 45.0. The summed E-state index contributed by atoms with van der Waals surface area (Å²) in [6, 6.07) is 8.28. The van der Waals surface area contributed by atoms with Crippen molar-refractivity contribution in [3.63, 3.8) is 0 Å². The predicted molar refractivity (Wildman–Crippen MR) is 120 cm³/mol. The number of likely N-dealkylation sites (tertiary alicyclic amines) is 1. The van der Waals surface area contributed by atoms with Gasteiger partial charge in [-0.25, -0.2) is 17.7 Å². The minimum atomic E-state index is -3.65. The first kappa shape index (κ1) is 24.7. The maximum absolute atomic E-state index is 13.4. The zero-order valence-corrected chi connectivity index (χ0v) is 20.1. The van der Waals surface area contributed by atoms with Gasteiger partial charge in [0.25, 0.3) is 5.91 Å². The van der Waals surface area contributed by atoms with E-state index in [0.29, 0.717) is 18.5 Å². The maximum atomic E-state index is 13.4. The van der Waals surface area contributed by atoms with E-state index >= 15 is 0 Å². The third kappa shape index (κ3) is 5.02. The number of hydrogen-bond acceptors (Lipinski definition) is 5. The number of sulfonamides is 1. The molecule has 0 bridgehead atoms. The summed E-state index contributed by atoms with van der Waals surface area (Å²) in [6.45, 7) is 1.17. The second-order valence-corrected chi connectivity index (χ2v) is 10.8. The lowest BCUT2D eigenvalue weighted by atomic mass is 9.87. The van der Waals surface area contributed by atoms with Crippen molar-refractivity contribution in [2.75, 3.05) is 41.3 Å². The van der Waals surface area contributed by atoms with Crippen LogP contribution in [0.3, 0.4) is 0 Å². The zero-order chi connectivity index (χ0) is 24.3. The number of carbonyl (C=O) groups excluding carboxylic acids is 3. The normalized spacial score (nSPS) is 19.0. The minimum Gasteiger partial charge on any atom is -0.340 e. The zero-order valence-electron chi connectivity index (χ0n) is 19.2. The fourth-order valence-corrected chi connectivity index (χ4v) is 4.88. The Balaban J connectivity index is 1.96. The molecule has 176 valence electrons. The van der Waals surface area contributed by atoms with Gasteiger partial charge in [0, 0.05) is 44.3 Å². The number of Topliss-reactive ketones (excluding diaryl/α,β-unsaturated/α-hetero) is 2. The van der Waals surface area contributed by atoms with Gasteiger partial charge in [0.15, 0.2) is 18.2 Å². The van der Waals surface area contributed by atoms with E-state index in [-0.39, 0.29) is 10.5 Å². The lowest BCUT2D eigenvalue weighted by molar-refractivity contribution is -0.858. The van der Waals surface area contributed by atoms with Crippen LogP contribution in [0.4, 0.5) is 0 Å². The Labute approximate surface area is 194 Å². The van der Waals surface area contributed by atoms with Crippen LogP contribution >= 0.6 is 0 Å². The molecule has 2 unspecified atom stereocenters. The monoisotopic (exact) mass is 474 g/mol. The number of carbonyl (C=O) groups is 3. The number of nitrogens with zero attached hydrogens (tertiary/aromatic N) is 2. The van der Waals surface area contributed by atoms with Crippen molar-refractivity contribution < 1.29 is 32.7 Å². The topological polar surface area (TPSA) is 110 Å². The fourth-order valence-electron chi connectivity index (χ4n) is 3.98. The first-order chi connectivity index (χ1) is 15.6. The van der Waals surface area contributed by atoms with E-state index in [4.69, 9.17) is 0 Å². The standard InChI is InChI=1S/C23H28N4O5S/c1-25(2)13-6-14-27-20(17-7-5-12-24-15-17)19(22(29)23(27)30)21(28)16-8-10-18(11-9-16)33(31,32)26(3)4/h5,7-12,15,19-20H,6,13-14H2,1-4H3/p+2. The number of rotatable bonds is 9. The molecule has 1 aliphatic rings. The SMILES string of the molecule is CN(C)S(=O)(=O)c1ccc(C(=O)C2C(=O)C(=O)N(CCC[NH+](C)C)C2c2ccc[nH+]c2)cc1. The average Bonchev–Trinajstić information content (AvgIpc) is 3.04. The summed E-state index contributed by atoms with van der Waals surface area (Å²) in [5.74, 6) is -3.10. The molecule has 3 rings (SSSR count). The van der Waals surface area contributed by atoms with Crippen LogP contribution in [0.15, 0.2) is 53.7 Å². The molecule has 10 heteroatoms. The van der Waals surface area contributed by atoms with Gasteiger partial charge >= 0.3 is 0 Å². The average molecular weight is 475 g/mol. The van der Waals surface area contributed by atoms with E-state index in [2.05, 4.69) is 4.98 Å². The molecule has 1 amide bonds. The quantitative estimate of drug-likeness (QED) is 0.292. The molecule has 1 fully saturated rings. The molecule has 1 aliphatic heterocycles. The maximum Gasteiger partial charge on any atom is 0.291 e. The number of amides is 1. The fraction of sp³-hybridized carbons (Fsp3) is 0.391. The van der Waals surface area contributed by atoms with Crippen molar-refractivity contribution >= 4 is 27.5 Å². The molecule has 9 nitrogen and oxygen atoms in total. The molecule has 0 saturated carbocycles. The third-order valence-corrected chi connectivity index (χ3v) is 7.58. The van der Waals surface area contributed by atoms with E-state index in [0.717, 1.165) is 10.8 Å². The van der Waals surface area contributed by atoms with Crippen molar-refractivity contribution in [3.8, 4) is 0 Å². The molecular weight excluding hydrogens is 444 g/mol. The molecule has 2 aromatic rings. The lowest BCUT2D eigenvalue weighted by Crippen LogP contribution is -3.05. The molecule has 1 aromatic carbocycles.